The van der Waals surface area contributed by atoms with Crippen LogP contribution in [0.4, 0.5) is 17.6 Å². The van der Waals surface area contributed by atoms with Gasteiger partial charge in [-0.05, 0) is 80.6 Å². The van der Waals surface area contributed by atoms with Crippen molar-refractivity contribution in [2.75, 3.05) is 32.8 Å². The van der Waals surface area contributed by atoms with Crippen molar-refractivity contribution in [3.8, 4) is 5.75 Å². The lowest BCUT2D eigenvalue weighted by molar-refractivity contribution is -0.137. The first-order valence-electron chi connectivity index (χ1n) is 12.3. The predicted molar refractivity (Wildman–Crippen MR) is 126 cm³/mol. The lowest BCUT2D eigenvalue weighted by Crippen LogP contribution is -2.51. The van der Waals surface area contributed by atoms with Crippen LogP contribution in [0.2, 0.25) is 0 Å². The minimum Gasteiger partial charge on any atom is -0.493 e. The Hall–Kier alpha value is -3.10. The lowest BCUT2D eigenvalue weighted by atomic mass is 9.77. The Kier molecular flexibility index (Phi) is 7.85. The topological polar surface area (TPSA) is 49.9 Å². The molecule has 194 valence electrons. The summed E-state index contributed by atoms with van der Waals surface area (Å²) in [5, 5.41) is 0. The van der Waals surface area contributed by atoms with Gasteiger partial charge >= 0.3 is 6.18 Å². The number of ether oxygens (including phenoxy) is 1. The van der Waals surface area contributed by atoms with Crippen LogP contribution in [0.5, 0.6) is 5.75 Å². The zero-order valence-corrected chi connectivity index (χ0v) is 20.0. The van der Waals surface area contributed by atoms with E-state index in [1.807, 2.05) is 4.90 Å². The molecule has 2 aromatic carbocycles. The number of piperidine rings is 2. The molecule has 36 heavy (non-hydrogen) atoms. The number of rotatable bonds is 6. The van der Waals surface area contributed by atoms with Crippen molar-refractivity contribution in [1.82, 2.24) is 9.80 Å². The van der Waals surface area contributed by atoms with Crippen LogP contribution in [0, 0.1) is 11.2 Å². The number of alkyl halides is 3. The molecule has 0 saturated carbocycles. The highest BCUT2D eigenvalue weighted by atomic mass is 19.4. The largest absolute Gasteiger partial charge is 0.493 e. The number of halogens is 4. The summed E-state index contributed by atoms with van der Waals surface area (Å²) in [5.74, 6) is -0.281. The van der Waals surface area contributed by atoms with Crippen molar-refractivity contribution in [3.63, 3.8) is 0 Å². The van der Waals surface area contributed by atoms with Crippen LogP contribution in [0.15, 0.2) is 48.5 Å². The number of carbonyl (C=O) groups excluding carboxylic acids is 2. The second-order valence-electron chi connectivity index (χ2n) is 9.77. The molecule has 0 bridgehead atoms. The molecule has 2 aromatic rings. The first-order valence-corrected chi connectivity index (χ1v) is 12.3. The van der Waals surface area contributed by atoms with E-state index in [1.54, 1.807) is 4.90 Å². The number of benzene rings is 2. The molecular weight excluding hydrogens is 476 g/mol. The van der Waals surface area contributed by atoms with Crippen LogP contribution >= 0.6 is 0 Å². The molecule has 0 N–H and O–H groups in total. The van der Waals surface area contributed by atoms with Gasteiger partial charge in [0.15, 0.2) is 0 Å². The second-order valence-corrected chi connectivity index (χ2v) is 9.77. The summed E-state index contributed by atoms with van der Waals surface area (Å²) in [6.45, 7) is 2.27. The van der Waals surface area contributed by atoms with E-state index >= 15 is 0 Å². The summed E-state index contributed by atoms with van der Waals surface area (Å²) >= 11 is 0. The van der Waals surface area contributed by atoms with Gasteiger partial charge in [-0.3, -0.25) is 9.59 Å². The third-order valence-electron chi connectivity index (χ3n) is 7.00. The van der Waals surface area contributed by atoms with E-state index < -0.39 is 17.2 Å². The highest BCUT2D eigenvalue weighted by molar-refractivity contribution is 5.94. The average Bonchev–Trinajstić information content (AvgIpc) is 2.88. The van der Waals surface area contributed by atoms with Gasteiger partial charge in [0.1, 0.15) is 11.6 Å². The maximum Gasteiger partial charge on any atom is 0.416 e. The molecule has 0 aromatic heterocycles. The van der Waals surface area contributed by atoms with Crippen LogP contribution in [0.25, 0.3) is 0 Å². The Balaban J connectivity index is 1.52. The standard InChI is InChI=1S/C27H30F4N2O3/c28-22-9-11-23(12-10-22)36-19-26(17-24(34)32-14-2-1-3-15-32)13-4-16-33(18-26)25(35)20-5-7-21(8-6-20)27(29,30)31/h5-12H,1-4,13-19H2/t26-/m0/s1. The predicted octanol–water partition coefficient (Wildman–Crippen LogP) is 5.55. The van der Waals surface area contributed by atoms with E-state index in [-0.39, 0.29) is 42.8 Å². The van der Waals surface area contributed by atoms with Crippen LogP contribution in [-0.4, -0.2) is 54.4 Å². The van der Waals surface area contributed by atoms with Crippen molar-refractivity contribution in [2.45, 2.75) is 44.7 Å². The Labute approximate surface area is 208 Å². The fourth-order valence-electron chi connectivity index (χ4n) is 5.02. The number of nitrogens with zero attached hydrogens (tertiary/aromatic N) is 2. The molecule has 2 fully saturated rings. The van der Waals surface area contributed by atoms with Gasteiger partial charge in [-0.1, -0.05) is 0 Å². The molecule has 0 unspecified atom stereocenters. The Bertz CT molecular complexity index is 1050. The van der Waals surface area contributed by atoms with E-state index in [1.165, 1.54) is 36.4 Å². The van der Waals surface area contributed by atoms with Crippen LogP contribution < -0.4 is 4.74 Å². The smallest absolute Gasteiger partial charge is 0.416 e. The van der Waals surface area contributed by atoms with E-state index in [0.29, 0.717) is 38.2 Å². The van der Waals surface area contributed by atoms with Gasteiger partial charge in [0.2, 0.25) is 5.91 Å². The molecule has 2 aliphatic heterocycles. The number of likely N-dealkylation sites (tertiary alicyclic amines) is 2. The van der Waals surface area contributed by atoms with Gasteiger partial charge < -0.3 is 14.5 Å². The Morgan fingerprint density at radius 2 is 1.50 bits per heavy atom. The van der Waals surface area contributed by atoms with Gasteiger partial charge in [0, 0.05) is 43.6 Å². The quantitative estimate of drug-likeness (QED) is 0.483. The van der Waals surface area contributed by atoms with E-state index in [0.717, 1.165) is 31.4 Å². The van der Waals surface area contributed by atoms with Gasteiger partial charge in [-0.15, -0.1) is 0 Å². The molecule has 4 rings (SSSR count). The number of hydrogen-bond donors (Lipinski definition) is 0. The van der Waals surface area contributed by atoms with Crippen molar-refractivity contribution in [2.24, 2.45) is 5.41 Å². The van der Waals surface area contributed by atoms with Gasteiger partial charge in [-0.2, -0.15) is 13.2 Å². The average molecular weight is 507 g/mol. The van der Waals surface area contributed by atoms with Crippen molar-refractivity contribution in [3.05, 3.63) is 65.5 Å². The minimum absolute atomic E-state index is 0.0150. The first kappa shape index (κ1) is 26.0. The highest BCUT2D eigenvalue weighted by Gasteiger charge is 2.41. The second kappa shape index (κ2) is 10.9. The molecule has 5 nitrogen and oxygen atoms in total. The number of hydrogen-bond acceptors (Lipinski definition) is 3. The molecule has 2 heterocycles. The normalized spacial score (nSPS) is 20.8. The third-order valence-corrected chi connectivity index (χ3v) is 7.00. The van der Waals surface area contributed by atoms with E-state index in [9.17, 15) is 27.2 Å². The number of carbonyl (C=O) groups is 2. The van der Waals surface area contributed by atoms with Gasteiger partial charge in [0.05, 0.1) is 12.2 Å². The van der Waals surface area contributed by atoms with E-state index in [2.05, 4.69) is 0 Å². The van der Waals surface area contributed by atoms with Crippen molar-refractivity contribution < 1.29 is 31.9 Å². The third kappa shape index (κ3) is 6.36. The molecule has 0 spiro atoms. The maximum atomic E-state index is 13.3. The Morgan fingerprint density at radius 1 is 0.861 bits per heavy atom. The molecule has 2 aliphatic rings. The molecule has 2 amide bonds. The van der Waals surface area contributed by atoms with Gasteiger partial charge in [0.25, 0.3) is 5.91 Å². The van der Waals surface area contributed by atoms with E-state index in [4.69, 9.17) is 4.74 Å². The van der Waals surface area contributed by atoms with Crippen LogP contribution in [0.3, 0.4) is 0 Å². The summed E-state index contributed by atoms with van der Waals surface area (Å²) in [4.78, 5) is 29.9. The summed E-state index contributed by atoms with van der Waals surface area (Å²) in [6.07, 6.45) is 0.0288. The summed E-state index contributed by atoms with van der Waals surface area (Å²) in [7, 11) is 0. The minimum atomic E-state index is -4.48. The summed E-state index contributed by atoms with van der Waals surface area (Å²) < 4.78 is 58.1. The molecular formula is C27H30F4N2O3. The summed E-state index contributed by atoms with van der Waals surface area (Å²) in [5.41, 5.74) is -1.31. The fourth-order valence-corrected chi connectivity index (χ4v) is 5.02. The van der Waals surface area contributed by atoms with Gasteiger partial charge in [-0.25, -0.2) is 4.39 Å². The van der Waals surface area contributed by atoms with Crippen LogP contribution in [0.1, 0.15) is 54.4 Å². The molecule has 0 radical (unpaired) electrons. The van der Waals surface area contributed by atoms with Crippen molar-refractivity contribution in [1.29, 1.82) is 0 Å². The monoisotopic (exact) mass is 506 g/mol. The van der Waals surface area contributed by atoms with Crippen LogP contribution in [-0.2, 0) is 11.0 Å². The fraction of sp³-hybridized carbons (Fsp3) is 0.481. The summed E-state index contributed by atoms with van der Waals surface area (Å²) in [6, 6.07) is 9.81. The molecule has 2 saturated heterocycles. The Morgan fingerprint density at radius 3 is 2.14 bits per heavy atom. The zero-order chi connectivity index (χ0) is 25.8. The lowest BCUT2D eigenvalue weighted by Gasteiger charge is -2.43. The molecule has 1 atom stereocenters. The van der Waals surface area contributed by atoms with Crippen molar-refractivity contribution >= 4 is 11.8 Å². The molecule has 9 heteroatoms. The maximum absolute atomic E-state index is 13.3. The first-order chi connectivity index (χ1) is 17.2. The number of amides is 2. The SMILES string of the molecule is O=C(C[C@@]1(COc2ccc(F)cc2)CCCN(C(=O)c2ccc(C(F)(F)F)cc2)C1)N1CCCCC1. The molecule has 0 aliphatic carbocycles. The highest BCUT2D eigenvalue weighted by Crippen LogP contribution is 2.36. The zero-order valence-electron chi connectivity index (χ0n) is 20.0.